The number of carboxylic acids is 1. The van der Waals surface area contributed by atoms with Crippen molar-refractivity contribution in [3.63, 3.8) is 0 Å². The van der Waals surface area contributed by atoms with Crippen LogP contribution < -0.4 is 5.73 Å². The largest absolute Gasteiger partial charge is 0.478 e. The van der Waals surface area contributed by atoms with E-state index in [4.69, 9.17) is 5.11 Å². The Morgan fingerprint density at radius 2 is 2.00 bits per heavy atom. The quantitative estimate of drug-likeness (QED) is 0.662. The highest BCUT2D eigenvalue weighted by molar-refractivity contribution is 5.87. The zero-order valence-corrected chi connectivity index (χ0v) is 7.24. The molecule has 0 aliphatic carbocycles. The van der Waals surface area contributed by atoms with E-state index in [2.05, 4.69) is 5.73 Å². The van der Waals surface area contributed by atoms with Gasteiger partial charge in [0.15, 0.2) is 0 Å². The van der Waals surface area contributed by atoms with Gasteiger partial charge in [0.2, 0.25) is 0 Å². The van der Waals surface area contributed by atoms with Gasteiger partial charge >= 0.3 is 5.97 Å². The number of hydrogen-bond donors (Lipinski definition) is 2. The van der Waals surface area contributed by atoms with Crippen molar-refractivity contribution in [1.29, 1.82) is 0 Å². The molecule has 0 saturated carbocycles. The Kier molecular flexibility index (Phi) is 4.72. The molecule has 0 spiro atoms. The third-order valence-corrected chi connectivity index (χ3v) is 1.27. The zero-order chi connectivity index (χ0) is 9.56. The summed E-state index contributed by atoms with van der Waals surface area (Å²) in [7, 11) is 1.50. The molecule has 3 N–H and O–H groups in total. The minimum absolute atomic E-state index is 0.347. The molecule has 66 valence electrons. The number of benzene rings is 1. The second-order valence-corrected chi connectivity index (χ2v) is 2.17. The lowest BCUT2D eigenvalue weighted by atomic mass is 10.1. The van der Waals surface area contributed by atoms with Crippen LogP contribution in [0.4, 0.5) is 0 Å². The summed E-state index contributed by atoms with van der Waals surface area (Å²) in [4.78, 5) is 10.4. The predicted molar refractivity (Wildman–Crippen MR) is 48.2 cm³/mol. The molecule has 0 bridgehead atoms. The van der Waals surface area contributed by atoms with Gasteiger partial charge in [-0.2, -0.15) is 0 Å². The summed E-state index contributed by atoms with van der Waals surface area (Å²) in [6, 6.07) is 6.82. The van der Waals surface area contributed by atoms with Crippen molar-refractivity contribution in [3.05, 3.63) is 35.4 Å². The number of rotatable bonds is 1. The molecule has 0 aliphatic heterocycles. The second-order valence-electron chi connectivity index (χ2n) is 2.17. The Labute approximate surface area is 71.8 Å². The monoisotopic (exact) mass is 167 g/mol. The Morgan fingerprint density at radius 1 is 1.42 bits per heavy atom. The summed E-state index contributed by atoms with van der Waals surface area (Å²) < 4.78 is 0. The van der Waals surface area contributed by atoms with Gasteiger partial charge in [-0.3, -0.25) is 0 Å². The molecule has 0 radical (unpaired) electrons. The lowest BCUT2D eigenvalue weighted by Gasteiger charge is -1.93. The minimum atomic E-state index is -0.872. The molecule has 0 saturated heterocycles. The van der Waals surface area contributed by atoms with Gasteiger partial charge < -0.3 is 10.8 Å². The molecule has 0 fully saturated rings. The number of hydrogen-bond acceptors (Lipinski definition) is 2. The first-order chi connectivity index (χ1) is 5.70. The summed E-state index contributed by atoms with van der Waals surface area (Å²) >= 11 is 0. The molecule has 3 heteroatoms. The predicted octanol–water partition coefficient (Wildman–Crippen LogP) is 1.27. The number of nitrogens with two attached hydrogens (primary N) is 1. The Morgan fingerprint density at radius 3 is 2.33 bits per heavy atom. The lowest BCUT2D eigenvalue weighted by molar-refractivity contribution is 0.0697. The summed E-state index contributed by atoms with van der Waals surface area (Å²) in [6.45, 7) is 1.87. The van der Waals surface area contributed by atoms with Crippen LogP contribution >= 0.6 is 0 Å². The van der Waals surface area contributed by atoms with E-state index in [1.165, 1.54) is 7.05 Å². The highest BCUT2D eigenvalue weighted by Gasteiger charge is 1.99. The van der Waals surface area contributed by atoms with Crippen molar-refractivity contribution in [1.82, 2.24) is 0 Å². The van der Waals surface area contributed by atoms with Crippen LogP contribution in [0.5, 0.6) is 0 Å². The SMILES string of the molecule is CN.Cc1cccc(C(=O)O)c1. The molecule has 0 atom stereocenters. The molecule has 1 aromatic rings. The van der Waals surface area contributed by atoms with Crippen LogP contribution in [-0.4, -0.2) is 18.1 Å². The van der Waals surface area contributed by atoms with Gasteiger partial charge in [0, 0.05) is 0 Å². The highest BCUT2D eigenvalue weighted by atomic mass is 16.4. The van der Waals surface area contributed by atoms with Gasteiger partial charge in [0.05, 0.1) is 5.56 Å². The maximum Gasteiger partial charge on any atom is 0.335 e. The zero-order valence-electron chi connectivity index (χ0n) is 7.24. The average Bonchev–Trinajstić information content (AvgIpc) is 2.08. The molecule has 0 amide bonds. The van der Waals surface area contributed by atoms with E-state index in [0.29, 0.717) is 5.56 Å². The Bertz CT molecular complexity index is 258. The van der Waals surface area contributed by atoms with Gasteiger partial charge in [-0.05, 0) is 26.1 Å². The fraction of sp³-hybridized carbons (Fsp3) is 0.222. The van der Waals surface area contributed by atoms with E-state index in [1.54, 1.807) is 18.2 Å². The highest BCUT2D eigenvalue weighted by Crippen LogP contribution is 2.02. The molecule has 0 aliphatic rings. The molecule has 3 nitrogen and oxygen atoms in total. The van der Waals surface area contributed by atoms with E-state index in [9.17, 15) is 4.79 Å². The second kappa shape index (κ2) is 5.32. The number of carbonyl (C=O) groups is 1. The summed E-state index contributed by atoms with van der Waals surface area (Å²) in [5.41, 5.74) is 5.82. The molecule has 12 heavy (non-hydrogen) atoms. The maximum atomic E-state index is 10.4. The molecular formula is C9H13NO2. The van der Waals surface area contributed by atoms with Crippen molar-refractivity contribution in [2.75, 3.05) is 7.05 Å². The van der Waals surface area contributed by atoms with Crippen LogP contribution in [0.25, 0.3) is 0 Å². The van der Waals surface area contributed by atoms with Crippen LogP contribution in [0.1, 0.15) is 15.9 Å². The van der Waals surface area contributed by atoms with E-state index in [1.807, 2.05) is 13.0 Å². The first-order valence-electron chi connectivity index (χ1n) is 3.58. The van der Waals surface area contributed by atoms with Crippen LogP contribution in [0.15, 0.2) is 24.3 Å². The van der Waals surface area contributed by atoms with Gasteiger partial charge in [-0.15, -0.1) is 0 Å². The average molecular weight is 167 g/mol. The molecule has 1 rings (SSSR count). The van der Waals surface area contributed by atoms with Crippen molar-refractivity contribution in [2.24, 2.45) is 5.73 Å². The van der Waals surface area contributed by atoms with Gasteiger partial charge in [-0.1, -0.05) is 17.7 Å². The van der Waals surface area contributed by atoms with Gasteiger partial charge in [-0.25, -0.2) is 4.79 Å². The first-order valence-corrected chi connectivity index (χ1v) is 3.58. The normalized spacial score (nSPS) is 8.25. The molecule has 0 unspecified atom stereocenters. The number of carboxylic acid groups (broad SMARTS) is 1. The third-order valence-electron chi connectivity index (χ3n) is 1.27. The van der Waals surface area contributed by atoms with Gasteiger partial charge in [0.1, 0.15) is 0 Å². The molecular weight excluding hydrogens is 154 g/mol. The van der Waals surface area contributed by atoms with Crippen LogP contribution in [0.2, 0.25) is 0 Å². The summed E-state index contributed by atoms with van der Waals surface area (Å²) in [6.07, 6.45) is 0. The Hall–Kier alpha value is -1.35. The number of aryl methyl sites for hydroxylation is 1. The van der Waals surface area contributed by atoms with E-state index in [0.717, 1.165) is 5.56 Å². The van der Waals surface area contributed by atoms with Crippen molar-refractivity contribution >= 4 is 5.97 Å². The topological polar surface area (TPSA) is 63.3 Å². The fourth-order valence-electron chi connectivity index (χ4n) is 0.778. The lowest BCUT2D eigenvalue weighted by Crippen LogP contribution is -1.95. The number of aromatic carboxylic acids is 1. The minimum Gasteiger partial charge on any atom is -0.478 e. The summed E-state index contributed by atoms with van der Waals surface area (Å²) in [5, 5.41) is 8.51. The van der Waals surface area contributed by atoms with Crippen LogP contribution in [-0.2, 0) is 0 Å². The van der Waals surface area contributed by atoms with E-state index in [-0.39, 0.29) is 0 Å². The van der Waals surface area contributed by atoms with Crippen molar-refractivity contribution < 1.29 is 9.90 Å². The smallest absolute Gasteiger partial charge is 0.335 e. The molecule has 0 heterocycles. The van der Waals surface area contributed by atoms with Crippen molar-refractivity contribution in [2.45, 2.75) is 6.92 Å². The fourth-order valence-corrected chi connectivity index (χ4v) is 0.778. The van der Waals surface area contributed by atoms with E-state index < -0.39 is 5.97 Å². The molecule has 1 aromatic carbocycles. The first kappa shape index (κ1) is 10.7. The van der Waals surface area contributed by atoms with Crippen molar-refractivity contribution in [3.8, 4) is 0 Å². The molecule has 0 aromatic heterocycles. The van der Waals surface area contributed by atoms with Gasteiger partial charge in [0.25, 0.3) is 0 Å². The van der Waals surface area contributed by atoms with E-state index >= 15 is 0 Å². The maximum absolute atomic E-state index is 10.4. The standard InChI is InChI=1S/C8H8O2.CH5N/c1-6-3-2-4-7(5-6)8(9)10;1-2/h2-5H,1H3,(H,9,10);2H2,1H3. The summed E-state index contributed by atoms with van der Waals surface area (Å²) in [5.74, 6) is -0.872. The van der Waals surface area contributed by atoms with Crippen LogP contribution in [0, 0.1) is 6.92 Å². The van der Waals surface area contributed by atoms with Crippen LogP contribution in [0.3, 0.4) is 0 Å². The third kappa shape index (κ3) is 3.16. The Balaban J connectivity index is 0.000000561.